The third kappa shape index (κ3) is 1.40. The molecule has 0 unspecified atom stereocenters. The van der Waals surface area contributed by atoms with Gasteiger partial charge in [-0.25, -0.2) is 9.97 Å². The summed E-state index contributed by atoms with van der Waals surface area (Å²) >= 11 is 10.2. The molecule has 0 atom stereocenters. The van der Waals surface area contributed by atoms with Gasteiger partial charge in [-0.2, -0.15) is 0 Å². The summed E-state index contributed by atoms with van der Waals surface area (Å²) in [5.41, 5.74) is 5.63. The lowest BCUT2D eigenvalue weighted by Crippen LogP contribution is -2.12. The molecule has 2 N–H and O–H groups in total. The molecule has 0 bridgehead atoms. The van der Waals surface area contributed by atoms with Crippen molar-refractivity contribution in [1.29, 1.82) is 0 Å². The van der Waals surface area contributed by atoms with E-state index in [-0.39, 0.29) is 10.1 Å². The predicted molar refractivity (Wildman–Crippen MR) is 42.9 cm³/mol. The molecule has 0 spiro atoms. The third-order valence-corrected chi connectivity index (χ3v) is 1.36. The van der Waals surface area contributed by atoms with Gasteiger partial charge in [-0.3, -0.25) is 0 Å². The molecular formula is C5H4ClN3S. The molecular weight excluding hydrogens is 170 g/mol. The van der Waals surface area contributed by atoms with Crippen LogP contribution in [0.15, 0.2) is 12.4 Å². The highest BCUT2D eigenvalue weighted by Gasteiger charge is 2.02. The van der Waals surface area contributed by atoms with Crippen molar-refractivity contribution in [2.24, 2.45) is 5.73 Å². The van der Waals surface area contributed by atoms with Crippen molar-refractivity contribution >= 4 is 28.8 Å². The van der Waals surface area contributed by atoms with E-state index in [4.69, 9.17) is 17.3 Å². The molecule has 1 rings (SSSR count). The van der Waals surface area contributed by atoms with Gasteiger partial charge in [-0.05, 0) is 0 Å². The molecule has 0 saturated carbocycles. The number of nitrogens with zero attached hydrogens (tertiary/aromatic N) is 2. The minimum atomic E-state index is 0.165. The second-order valence-electron chi connectivity index (χ2n) is 1.56. The van der Waals surface area contributed by atoms with E-state index in [2.05, 4.69) is 22.2 Å². The molecule has 1 heterocycles. The number of thiocarbonyl (C=S) groups is 1. The lowest BCUT2D eigenvalue weighted by Gasteiger charge is -1.95. The van der Waals surface area contributed by atoms with Crippen LogP contribution in [0.3, 0.4) is 0 Å². The number of aromatic nitrogens is 2. The predicted octanol–water partition coefficient (Wildman–Crippen LogP) is 0.764. The Morgan fingerprint density at radius 2 is 2.10 bits per heavy atom. The van der Waals surface area contributed by atoms with Crippen molar-refractivity contribution in [3.8, 4) is 0 Å². The first-order valence-electron chi connectivity index (χ1n) is 2.48. The molecule has 0 radical (unpaired) electrons. The minimum absolute atomic E-state index is 0.165. The molecule has 0 aromatic carbocycles. The highest BCUT2D eigenvalue weighted by Crippen LogP contribution is 2.06. The average molecular weight is 174 g/mol. The van der Waals surface area contributed by atoms with E-state index in [0.717, 1.165) is 0 Å². The van der Waals surface area contributed by atoms with Crippen LogP contribution in [0, 0.1) is 0 Å². The Morgan fingerprint density at radius 1 is 1.50 bits per heavy atom. The second-order valence-corrected chi connectivity index (χ2v) is 2.36. The molecule has 0 aliphatic carbocycles. The zero-order valence-corrected chi connectivity index (χ0v) is 6.49. The van der Waals surface area contributed by atoms with E-state index in [1.54, 1.807) is 0 Å². The molecule has 5 heteroatoms. The van der Waals surface area contributed by atoms with E-state index in [1.165, 1.54) is 12.4 Å². The highest BCUT2D eigenvalue weighted by molar-refractivity contribution is 7.80. The van der Waals surface area contributed by atoms with E-state index >= 15 is 0 Å². The molecule has 1 aromatic heterocycles. The van der Waals surface area contributed by atoms with Crippen LogP contribution in [-0.4, -0.2) is 15.0 Å². The van der Waals surface area contributed by atoms with Gasteiger partial charge in [0.05, 0.1) is 0 Å². The van der Waals surface area contributed by atoms with Crippen molar-refractivity contribution in [3.63, 3.8) is 0 Å². The number of hydrogen-bond acceptors (Lipinski definition) is 3. The maximum absolute atomic E-state index is 5.58. The Hall–Kier alpha value is -0.740. The number of halogens is 1. The van der Waals surface area contributed by atoms with Crippen LogP contribution >= 0.6 is 23.8 Å². The number of hydrogen-bond donors (Lipinski definition) is 1. The van der Waals surface area contributed by atoms with Crippen LogP contribution in [0.4, 0.5) is 0 Å². The quantitative estimate of drug-likeness (QED) is 0.638. The van der Waals surface area contributed by atoms with Gasteiger partial charge in [-0.15, -0.1) is 0 Å². The summed E-state index contributed by atoms with van der Waals surface area (Å²) in [4.78, 5) is 7.72. The molecule has 3 nitrogen and oxygen atoms in total. The lowest BCUT2D eigenvalue weighted by molar-refractivity contribution is 1.18. The van der Waals surface area contributed by atoms with Crippen molar-refractivity contribution in [3.05, 3.63) is 23.2 Å². The monoisotopic (exact) mass is 173 g/mol. The molecule has 1 aromatic rings. The average Bonchev–Trinajstić information content (AvgIpc) is 1.88. The van der Waals surface area contributed by atoms with Crippen molar-refractivity contribution in [1.82, 2.24) is 9.97 Å². The Balaban J connectivity index is 3.15. The summed E-state index contributed by atoms with van der Waals surface area (Å²) in [6.07, 6.45) is 2.96. The first-order chi connectivity index (χ1) is 4.72. The van der Waals surface area contributed by atoms with Crippen LogP contribution in [0.1, 0.15) is 5.69 Å². The summed E-state index contributed by atoms with van der Waals surface area (Å²) in [6.45, 7) is 0. The van der Waals surface area contributed by atoms with Crippen LogP contribution in [0.5, 0.6) is 0 Å². The minimum Gasteiger partial charge on any atom is -0.388 e. The second kappa shape index (κ2) is 2.90. The summed E-state index contributed by atoms with van der Waals surface area (Å²) in [5, 5.41) is 0.245. The van der Waals surface area contributed by atoms with Crippen LogP contribution < -0.4 is 5.73 Å². The fourth-order valence-corrected chi connectivity index (χ4v) is 0.899. The zero-order valence-electron chi connectivity index (χ0n) is 4.91. The highest BCUT2D eigenvalue weighted by atomic mass is 35.5. The first-order valence-corrected chi connectivity index (χ1v) is 3.26. The van der Waals surface area contributed by atoms with Gasteiger partial charge in [0, 0.05) is 12.4 Å². The van der Waals surface area contributed by atoms with Gasteiger partial charge in [0.15, 0.2) is 5.15 Å². The standard InChI is InChI=1S/C5H4ClN3S/c6-4-3(5(7)10)8-1-2-9-4/h1-2H,(H2,7,10). The van der Waals surface area contributed by atoms with Gasteiger partial charge in [0.2, 0.25) is 0 Å². The summed E-state index contributed by atoms with van der Waals surface area (Å²) in [5.74, 6) is 0. The third-order valence-electron chi connectivity index (χ3n) is 0.887. The smallest absolute Gasteiger partial charge is 0.157 e. The molecule has 52 valence electrons. The van der Waals surface area contributed by atoms with Crippen LogP contribution in [0.25, 0.3) is 0 Å². The van der Waals surface area contributed by atoms with E-state index in [0.29, 0.717) is 5.69 Å². The molecule has 0 fully saturated rings. The number of rotatable bonds is 1. The van der Waals surface area contributed by atoms with Crippen molar-refractivity contribution < 1.29 is 0 Å². The van der Waals surface area contributed by atoms with E-state index in [9.17, 15) is 0 Å². The molecule has 0 aliphatic heterocycles. The Morgan fingerprint density at radius 3 is 2.50 bits per heavy atom. The topological polar surface area (TPSA) is 51.8 Å². The molecule has 0 amide bonds. The van der Waals surface area contributed by atoms with Gasteiger partial charge < -0.3 is 5.73 Å². The fourth-order valence-electron chi connectivity index (χ4n) is 0.486. The molecule has 10 heavy (non-hydrogen) atoms. The maximum atomic E-state index is 5.58. The molecule has 0 aliphatic rings. The van der Waals surface area contributed by atoms with E-state index < -0.39 is 0 Å². The van der Waals surface area contributed by atoms with Gasteiger partial charge in [0.1, 0.15) is 10.7 Å². The largest absolute Gasteiger partial charge is 0.388 e. The Bertz CT molecular complexity index is 263. The Kier molecular flexibility index (Phi) is 2.13. The van der Waals surface area contributed by atoms with Gasteiger partial charge >= 0.3 is 0 Å². The van der Waals surface area contributed by atoms with E-state index in [1.807, 2.05) is 0 Å². The Labute approximate surface area is 68.2 Å². The SMILES string of the molecule is NC(=S)c1nccnc1Cl. The van der Waals surface area contributed by atoms with Crippen LogP contribution in [0.2, 0.25) is 5.15 Å². The van der Waals surface area contributed by atoms with Crippen molar-refractivity contribution in [2.75, 3.05) is 0 Å². The number of nitrogens with two attached hydrogens (primary N) is 1. The normalized spacial score (nSPS) is 9.30. The fraction of sp³-hybridized carbons (Fsp3) is 0. The summed E-state index contributed by atoms with van der Waals surface area (Å²) in [6, 6.07) is 0. The maximum Gasteiger partial charge on any atom is 0.157 e. The lowest BCUT2D eigenvalue weighted by atomic mass is 10.4. The van der Waals surface area contributed by atoms with Crippen molar-refractivity contribution in [2.45, 2.75) is 0 Å². The first kappa shape index (κ1) is 7.37. The zero-order chi connectivity index (χ0) is 7.56. The van der Waals surface area contributed by atoms with Gasteiger partial charge in [-0.1, -0.05) is 23.8 Å². The van der Waals surface area contributed by atoms with Crippen LogP contribution in [-0.2, 0) is 0 Å². The summed E-state index contributed by atoms with van der Waals surface area (Å²) in [7, 11) is 0. The summed E-state index contributed by atoms with van der Waals surface area (Å²) < 4.78 is 0. The van der Waals surface area contributed by atoms with Gasteiger partial charge in [0.25, 0.3) is 0 Å². The molecule has 0 saturated heterocycles.